The molecular weight excluding hydrogens is 168 g/mol. The van der Waals surface area contributed by atoms with Crippen molar-refractivity contribution in [2.75, 3.05) is 0 Å². The molecule has 76 valence electrons. The predicted octanol–water partition coefficient (Wildman–Crippen LogP) is 0.423. The van der Waals surface area contributed by atoms with Crippen molar-refractivity contribution in [1.82, 2.24) is 0 Å². The Kier molecular flexibility index (Phi) is 1.95. The van der Waals surface area contributed by atoms with Crippen LogP contribution in [0.15, 0.2) is 0 Å². The average molecular weight is 186 g/mol. The first-order chi connectivity index (χ1) is 5.89. The number of rotatable bonds is 0. The highest BCUT2D eigenvalue weighted by Gasteiger charge is 2.48. The summed E-state index contributed by atoms with van der Waals surface area (Å²) in [5, 5.41) is 29.5. The fourth-order valence-corrected chi connectivity index (χ4v) is 3.31. The van der Waals surface area contributed by atoms with Crippen LogP contribution in [0.2, 0.25) is 0 Å². The topological polar surface area (TPSA) is 60.7 Å². The lowest BCUT2D eigenvalue weighted by atomic mass is 9.63. The van der Waals surface area contributed by atoms with Gasteiger partial charge in [0, 0.05) is 12.8 Å². The molecule has 0 aromatic carbocycles. The van der Waals surface area contributed by atoms with Crippen LogP contribution < -0.4 is 0 Å². The molecule has 2 fully saturated rings. The molecule has 3 N–H and O–H groups in total. The highest BCUT2D eigenvalue weighted by Crippen LogP contribution is 2.46. The molecule has 2 rings (SSSR count). The molecule has 0 radical (unpaired) electrons. The zero-order valence-electron chi connectivity index (χ0n) is 8.03. The van der Waals surface area contributed by atoms with Crippen LogP contribution in [0.25, 0.3) is 0 Å². The molecule has 0 spiro atoms. The van der Waals surface area contributed by atoms with Gasteiger partial charge >= 0.3 is 0 Å². The Morgan fingerprint density at radius 2 is 1.85 bits per heavy atom. The zero-order valence-corrected chi connectivity index (χ0v) is 8.03. The lowest BCUT2D eigenvalue weighted by molar-refractivity contribution is -0.154. The Morgan fingerprint density at radius 1 is 1.15 bits per heavy atom. The van der Waals surface area contributed by atoms with E-state index in [9.17, 15) is 15.3 Å². The van der Waals surface area contributed by atoms with Crippen LogP contribution in [-0.4, -0.2) is 32.6 Å². The fraction of sp³-hybridized carbons (Fsp3) is 1.00. The summed E-state index contributed by atoms with van der Waals surface area (Å²) in [4.78, 5) is 0. The van der Waals surface area contributed by atoms with Gasteiger partial charge in [0.2, 0.25) is 0 Å². The lowest BCUT2D eigenvalue weighted by Crippen LogP contribution is -2.52. The number of hydrogen-bond acceptors (Lipinski definition) is 3. The van der Waals surface area contributed by atoms with Crippen molar-refractivity contribution in [2.24, 2.45) is 5.92 Å². The first-order valence-corrected chi connectivity index (χ1v) is 5.01. The van der Waals surface area contributed by atoms with Crippen LogP contribution in [-0.2, 0) is 0 Å². The van der Waals surface area contributed by atoms with Crippen LogP contribution in [0, 0.1) is 5.92 Å². The van der Waals surface area contributed by atoms with Crippen LogP contribution in [0.3, 0.4) is 0 Å². The Morgan fingerprint density at radius 3 is 2.46 bits per heavy atom. The van der Waals surface area contributed by atoms with Gasteiger partial charge in [-0.25, -0.2) is 0 Å². The minimum atomic E-state index is -0.815. The van der Waals surface area contributed by atoms with Gasteiger partial charge in [-0.1, -0.05) is 0 Å². The van der Waals surface area contributed by atoms with Crippen molar-refractivity contribution >= 4 is 0 Å². The summed E-state index contributed by atoms with van der Waals surface area (Å²) in [5.41, 5.74) is -1.55. The molecule has 4 atom stereocenters. The summed E-state index contributed by atoms with van der Waals surface area (Å²) in [7, 11) is 0. The van der Waals surface area contributed by atoms with E-state index in [1.807, 2.05) is 0 Å². The largest absolute Gasteiger partial charge is 0.393 e. The molecule has 3 heteroatoms. The molecular formula is C10H18O3. The summed E-state index contributed by atoms with van der Waals surface area (Å²) in [6, 6.07) is 0. The summed E-state index contributed by atoms with van der Waals surface area (Å²) in [5.74, 6) is 0.289. The van der Waals surface area contributed by atoms with Crippen molar-refractivity contribution < 1.29 is 15.3 Å². The Bertz CT molecular complexity index is 208. The second-order valence-corrected chi connectivity index (χ2v) is 5.27. The van der Waals surface area contributed by atoms with Gasteiger partial charge in [-0.3, -0.25) is 0 Å². The Labute approximate surface area is 78.4 Å². The molecule has 0 amide bonds. The molecule has 0 aromatic heterocycles. The third kappa shape index (κ3) is 1.87. The summed E-state index contributed by atoms with van der Waals surface area (Å²) >= 11 is 0. The second kappa shape index (κ2) is 2.69. The van der Waals surface area contributed by atoms with Crippen LogP contribution in [0.4, 0.5) is 0 Å². The van der Waals surface area contributed by atoms with E-state index in [0.29, 0.717) is 19.3 Å². The minimum absolute atomic E-state index is 0.289. The van der Waals surface area contributed by atoms with Crippen molar-refractivity contribution in [2.45, 2.75) is 56.3 Å². The predicted molar refractivity (Wildman–Crippen MR) is 48.2 cm³/mol. The normalized spacial score (nSPS) is 56.3. The van der Waals surface area contributed by atoms with Crippen molar-refractivity contribution in [1.29, 1.82) is 0 Å². The number of hydrogen-bond donors (Lipinski definition) is 3. The molecule has 0 aliphatic heterocycles. The van der Waals surface area contributed by atoms with Gasteiger partial charge in [-0.2, -0.15) is 0 Å². The maximum absolute atomic E-state index is 10.1. The van der Waals surface area contributed by atoms with Gasteiger partial charge in [0.1, 0.15) is 0 Å². The second-order valence-electron chi connectivity index (χ2n) is 5.27. The summed E-state index contributed by atoms with van der Waals surface area (Å²) < 4.78 is 0. The number of aliphatic hydroxyl groups is 3. The van der Waals surface area contributed by atoms with E-state index in [1.54, 1.807) is 6.92 Å². The summed E-state index contributed by atoms with van der Waals surface area (Å²) in [6.07, 6.45) is 2.66. The van der Waals surface area contributed by atoms with E-state index < -0.39 is 11.2 Å². The first kappa shape index (κ1) is 9.44. The number of fused-ring (bicyclic) bond motifs is 2. The van der Waals surface area contributed by atoms with Gasteiger partial charge < -0.3 is 15.3 Å². The third-order valence-electron chi connectivity index (χ3n) is 3.33. The smallest absolute Gasteiger partial charge is 0.0702 e. The Balaban J connectivity index is 2.17. The summed E-state index contributed by atoms with van der Waals surface area (Å²) in [6.45, 7) is 1.78. The van der Waals surface area contributed by atoms with E-state index in [2.05, 4.69) is 0 Å². The van der Waals surface area contributed by atoms with E-state index in [0.717, 1.165) is 12.8 Å². The molecule has 2 saturated carbocycles. The van der Waals surface area contributed by atoms with Crippen molar-refractivity contribution in [3.63, 3.8) is 0 Å². The molecule has 2 aliphatic rings. The maximum Gasteiger partial charge on any atom is 0.0702 e. The lowest BCUT2D eigenvalue weighted by Gasteiger charge is -2.49. The van der Waals surface area contributed by atoms with E-state index >= 15 is 0 Å². The highest BCUT2D eigenvalue weighted by atomic mass is 16.3. The molecule has 0 aromatic rings. The average Bonchev–Trinajstić information content (AvgIpc) is 1.75. The van der Waals surface area contributed by atoms with Gasteiger partial charge in [0.15, 0.2) is 0 Å². The minimum Gasteiger partial charge on any atom is -0.393 e. The maximum atomic E-state index is 10.1. The molecule has 3 nitrogen and oxygen atoms in total. The van der Waals surface area contributed by atoms with Gasteiger partial charge in [-0.15, -0.1) is 0 Å². The first-order valence-electron chi connectivity index (χ1n) is 5.01. The van der Waals surface area contributed by atoms with Crippen molar-refractivity contribution in [3.8, 4) is 0 Å². The van der Waals surface area contributed by atoms with Gasteiger partial charge in [-0.05, 0) is 32.1 Å². The highest BCUT2D eigenvalue weighted by molar-refractivity contribution is 5.01. The van der Waals surface area contributed by atoms with Crippen LogP contribution in [0.5, 0.6) is 0 Å². The van der Waals surface area contributed by atoms with E-state index in [-0.39, 0.29) is 12.0 Å². The quantitative estimate of drug-likeness (QED) is 0.514. The van der Waals surface area contributed by atoms with Crippen LogP contribution >= 0.6 is 0 Å². The molecule has 13 heavy (non-hydrogen) atoms. The Hall–Kier alpha value is -0.120. The van der Waals surface area contributed by atoms with Gasteiger partial charge in [0.25, 0.3) is 0 Å². The molecule has 2 bridgehead atoms. The zero-order chi connectivity index (χ0) is 9.69. The monoisotopic (exact) mass is 186 g/mol. The fourth-order valence-electron chi connectivity index (χ4n) is 3.31. The van der Waals surface area contributed by atoms with E-state index in [1.165, 1.54) is 0 Å². The number of aliphatic hydroxyl groups excluding tert-OH is 1. The standard InChI is InChI=1S/C10H18O3/c1-9(12)3-7-2-8(11)5-10(13,4-7)6-9/h7-8,11-13H,2-6H2,1H3. The van der Waals surface area contributed by atoms with Crippen molar-refractivity contribution in [3.05, 3.63) is 0 Å². The molecule has 0 heterocycles. The molecule has 2 aliphatic carbocycles. The molecule has 4 unspecified atom stereocenters. The molecule has 0 saturated heterocycles. The SMILES string of the molecule is CC1(O)CC2CC(O)CC(O)(C2)C1. The van der Waals surface area contributed by atoms with E-state index in [4.69, 9.17) is 0 Å². The van der Waals surface area contributed by atoms with Gasteiger partial charge in [0.05, 0.1) is 17.3 Å². The van der Waals surface area contributed by atoms with Crippen LogP contribution in [0.1, 0.15) is 39.0 Å². The third-order valence-corrected chi connectivity index (χ3v) is 3.33.